The highest BCUT2D eigenvalue weighted by Gasteiger charge is 2.21. The fraction of sp³-hybridized carbons (Fsp3) is 0.286. The van der Waals surface area contributed by atoms with Crippen molar-refractivity contribution in [1.29, 1.82) is 0 Å². The highest BCUT2D eigenvalue weighted by molar-refractivity contribution is 5.88. The molecule has 1 amide bonds. The lowest BCUT2D eigenvalue weighted by molar-refractivity contribution is -0.121. The molecule has 0 aliphatic heterocycles. The Balaban J connectivity index is 1.51. The summed E-state index contributed by atoms with van der Waals surface area (Å²) in [6.07, 6.45) is 5.30. The topological polar surface area (TPSA) is 42.2 Å². The second-order valence-corrected chi connectivity index (χ2v) is 6.65. The SMILES string of the molecule is Cc1ccc2c(CC(=O)N[C@H]3CCCc4ccccc43)coc2c1. The third kappa shape index (κ3) is 2.82. The summed E-state index contributed by atoms with van der Waals surface area (Å²) in [5.74, 6) is 0.0555. The molecule has 1 N–H and O–H groups in total. The number of hydrogen-bond acceptors (Lipinski definition) is 2. The van der Waals surface area contributed by atoms with Crippen LogP contribution in [0.4, 0.5) is 0 Å². The van der Waals surface area contributed by atoms with Crippen LogP contribution in [0.15, 0.2) is 53.1 Å². The lowest BCUT2D eigenvalue weighted by Gasteiger charge is -2.26. The first-order chi connectivity index (χ1) is 11.7. The van der Waals surface area contributed by atoms with Crippen molar-refractivity contribution in [2.24, 2.45) is 0 Å². The Kier molecular flexibility index (Phi) is 3.85. The van der Waals surface area contributed by atoms with Crippen molar-refractivity contribution in [3.05, 3.63) is 71.0 Å². The minimum atomic E-state index is 0.0555. The molecule has 1 atom stereocenters. The number of furan rings is 1. The third-order valence-corrected chi connectivity index (χ3v) is 4.87. The number of aryl methyl sites for hydroxylation is 2. The summed E-state index contributed by atoms with van der Waals surface area (Å²) in [6.45, 7) is 2.04. The van der Waals surface area contributed by atoms with E-state index in [-0.39, 0.29) is 11.9 Å². The minimum absolute atomic E-state index is 0.0555. The number of carbonyl (C=O) groups is 1. The Morgan fingerprint density at radius 1 is 1.25 bits per heavy atom. The molecule has 1 aliphatic carbocycles. The lowest BCUT2D eigenvalue weighted by Crippen LogP contribution is -2.32. The summed E-state index contributed by atoms with van der Waals surface area (Å²) in [5.41, 5.74) is 5.59. The number of hydrogen-bond donors (Lipinski definition) is 1. The van der Waals surface area contributed by atoms with Crippen LogP contribution in [-0.2, 0) is 17.6 Å². The van der Waals surface area contributed by atoms with Crippen LogP contribution in [0.2, 0.25) is 0 Å². The van der Waals surface area contributed by atoms with Gasteiger partial charge in [0.05, 0.1) is 18.7 Å². The van der Waals surface area contributed by atoms with Gasteiger partial charge < -0.3 is 9.73 Å². The summed E-state index contributed by atoms with van der Waals surface area (Å²) in [6, 6.07) is 14.6. The summed E-state index contributed by atoms with van der Waals surface area (Å²) in [5, 5.41) is 4.24. The zero-order chi connectivity index (χ0) is 16.5. The first kappa shape index (κ1) is 15.0. The standard InChI is InChI=1S/C21H21NO2/c1-14-9-10-18-16(13-24-20(18)11-14)12-21(23)22-19-8-4-6-15-5-2-3-7-17(15)19/h2-3,5,7,9-11,13,19H,4,6,8,12H2,1H3,(H,22,23)/t19-/m0/s1. The summed E-state index contributed by atoms with van der Waals surface area (Å²) < 4.78 is 5.60. The molecule has 3 nitrogen and oxygen atoms in total. The molecule has 1 aromatic heterocycles. The molecule has 1 heterocycles. The van der Waals surface area contributed by atoms with E-state index in [1.165, 1.54) is 11.1 Å². The van der Waals surface area contributed by atoms with Crippen molar-refractivity contribution in [2.75, 3.05) is 0 Å². The van der Waals surface area contributed by atoms with Crippen LogP contribution in [0.3, 0.4) is 0 Å². The van der Waals surface area contributed by atoms with Crippen molar-refractivity contribution in [3.63, 3.8) is 0 Å². The number of nitrogens with one attached hydrogen (secondary N) is 1. The predicted octanol–water partition coefficient (Wildman–Crippen LogP) is 4.48. The first-order valence-electron chi connectivity index (χ1n) is 8.54. The molecule has 0 bridgehead atoms. The van der Waals surface area contributed by atoms with Crippen LogP contribution in [0.5, 0.6) is 0 Å². The average molecular weight is 319 g/mol. The van der Waals surface area contributed by atoms with Crippen molar-refractivity contribution in [3.8, 4) is 0 Å². The number of rotatable bonds is 3. The summed E-state index contributed by atoms with van der Waals surface area (Å²) in [4.78, 5) is 12.5. The lowest BCUT2D eigenvalue weighted by atomic mass is 9.87. The van der Waals surface area contributed by atoms with Gasteiger partial charge in [-0.25, -0.2) is 0 Å². The van der Waals surface area contributed by atoms with Gasteiger partial charge in [0.1, 0.15) is 5.58 Å². The van der Waals surface area contributed by atoms with Gasteiger partial charge in [-0.05, 0) is 48.9 Å². The molecule has 3 heteroatoms. The zero-order valence-electron chi connectivity index (χ0n) is 13.8. The number of amides is 1. The molecule has 0 fully saturated rings. The molecule has 1 aliphatic rings. The molecule has 0 spiro atoms. The van der Waals surface area contributed by atoms with Crippen LogP contribution in [0.1, 0.15) is 41.1 Å². The molecular formula is C21H21NO2. The maximum absolute atomic E-state index is 12.5. The Morgan fingerprint density at radius 2 is 2.12 bits per heavy atom. The Morgan fingerprint density at radius 3 is 3.04 bits per heavy atom. The second kappa shape index (κ2) is 6.16. The van der Waals surface area contributed by atoms with Gasteiger partial charge in [-0.15, -0.1) is 0 Å². The monoisotopic (exact) mass is 319 g/mol. The molecular weight excluding hydrogens is 298 g/mol. The van der Waals surface area contributed by atoms with Crippen molar-refractivity contribution >= 4 is 16.9 Å². The molecule has 24 heavy (non-hydrogen) atoms. The maximum atomic E-state index is 12.5. The van der Waals surface area contributed by atoms with E-state index in [1.54, 1.807) is 6.26 Å². The van der Waals surface area contributed by atoms with Crippen LogP contribution >= 0.6 is 0 Å². The Bertz CT molecular complexity index is 894. The molecule has 0 saturated heterocycles. The van der Waals surface area contributed by atoms with Gasteiger partial charge in [0, 0.05) is 10.9 Å². The molecule has 4 rings (SSSR count). The molecule has 3 aromatic rings. The summed E-state index contributed by atoms with van der Waals surface area (Å²) in [7, 11) is 0. The van der Waals surface area contributed by atoms with Gasteiger partial charge in [0.15, 0.2) is 0 Å². The van der Waals surface area contributed by atoms with Crippen LogP contribution < -0.4 is 5.32 Å². The first-order valence-corrected chi connectivity index (χ1v) is 8.54. The highest BCUT2D eigenvalue weighted by atomic mass is 16.3. The quantitative estimate of drug-likeness (QED) is 0.773. The highest BCUT2D eigenvalue weighted by Crippen LogP contribution is 2.29. The van der Waals surface area contributed by atoms with Crippen LogP contribution in [0, 0.1) is 6.92 Å². The fourth-order valence-electron chi connectivity index (χ4n) is 3.65. The molecule has 122 valence electrons. The van der Waals surface area contributed by atoms with E-state index in [0.717, 1.165) is 41.4 Å². The number of carbonyl (C=O) groups excluding carboxylic acids is 1. The van der Waals surface area contributed by atoms with E-state index in [9.17, 15) is 4.79 Å². The van der Waals surface area contributed by atoms with E-state index in [2.05, 4.69) is 35.6 Å². The zero-order valence-corrected chi connectivity index (χ0v) is 13.8. The fourth-order valence-corrected chi connectivity index (χ4v) is 3.65. The van der Waals surface area contributed by atoms with Gasteiger partial charge in [-0.3, -0.25) is 4.79 Å². The van der Waals surface area contributed by atoms with E-state index < -0.39 is 0 Å². The Labute approximate surface area is 141 Å². The third-order valence-electron chi connectivity index (χ3n) is 4.87. The van der Waals surface area contributed by atoms with Crippen molar-refractivity contribution in [2.45, 2.75) is 38.6 Å². The largest absolute Gasteiger partial charge is 0.464 e. The maximum Gasteiger partial charge on any atom is 0.225 e. The number of benzene rings is 2. The minimum Gasteiger partial charge on any atom is -0.464 e. The normalized spacial score (nSPS) is 16.8. The molecule has 0 radical (unpaired) electrons. The van der Waals surface area contributed by atoms with Gasteiger partial charge >= 0.3 is 0 Å². The molecule has 0 unspecified atom stereocenters. The van der Waals surface area contributed by atoms with Crippen LogP contribution in [0.25, 0.3) is 11.0 Å². The van der Waals surface area contributed by atoms with Crippen molar-refractivity contribution in [1.82, 2.24) is 5.32 Å². The Hall–Kier alpha value is -2.55. The molecule has 2 aromatic carbocycles. The van der Waals surface area contributed by atoms with Crippen molar-refractivity contribution < 1.29 is 9.21 Å². The second-order valence-electron chi connectivity index (χ2n) is 6.65. The van der Waals surface area contributed by atoms with Gasteiger partial charge in [0.25, 0.3) is 0 Å². The summed E-state index contributed by atoms with van der Waals surface area (Å²) >= 11 is 0. The van der Waals surface area contributed by atoms with E-state index in [4.69, 9.17) is 4.42 Å². The van der Waals surface area contributed by atoms with E-state index >= 15 is 0 Å². The van der Waals surface area contributed by atoms with Gasteiger partial charge in [-0.1, -0.05) is 36.4 Å². The molecule has 0 saturated carbocycles. The van der Waals surface area contributed by atoms with Gasteiger partial charge in [0.2, 0.25) is 5.91 Å². The van der Waals surface area contributed by atoms with E-state index in [0.29, 0.717) is 6.42 Å². The van der Waals surface area contributed by atoms with E-state index in [1.807, 2.05) is 19.1 Å². The number of fused-ring (bicyclic) bond motifs is 2. The average Bonchev–Trinajstić information content (AvgIpc) is 2.97. The smallest absolute Gasteiger partial charge is 0.225 e. The predicted molar refractivity (Wildman–Crippen MR) is 94.9 cm³/mol. The van der Waals surface area contributed by atoms with Gasteiger partial charge in [-0.2, -0.15) is 0 Å². The van der Waals surface area contributed by atoms with Crippen LogP contribution in [-0.4, -0.2) is 5.91 Å².